The third-order valence-corrected chi connectivity index (χ3v) is 3.74. The quantitative estimate of drug-likeness (QED) is 0.741. The lowest BCUT2D eigenvalue weighted by atomic mass is 10.0. The van der Waals surface area contributed by atoms with Crippen molar-refractivity contribution in [3.63, 3.8) is 0 Å². The Morgan fingerprint density at radius 3 is 2.89 bits per heavy atom. The molecule has 2 atom stereocenters. The zero-order valence-corrected chi connectivity index (χ0v) is 12.2. The van der Waals surface area contributed by atoms with Crippen LogP contribution in [0, 0.1) is 11.3 Å². The van der Waals surface area contributed by atoms with Gasteiger partial charge < -0.3 is 15.1 Å². The molecular formula is C14H28N4. The van der Waals surface area contributed by atoms with E-state index in [1.54, 1.807) is 0 Å². The molecule has 4 nitrogen and oxygen atoms in total. The molecule has 1 aliphatic heterocycles. The molecule has 0 radical (unpaired) electrons. The summed E-state index contributed by atoms with van der Waals surface area (Å²) in [5.74, 6) is 0. The second-order valence-corrected chi connectivity index (χ2v) is 5.48. The molecule has 0 amide bonds. The molecule has 4 heteroatoms. The Morgan fingerprint density at radius 2 is 2.28 bits per heavy atom. The Bertz CT molecular complexity index is 259. The highest BCUT2D eigenvalue weighted by atomic mass is 15.2. The zero-order chi connectivity index (χ0) is 13.4. The highest BCUT2D eigenvalue weighted by Crippen LogP contribution is 2.14. The van der Waals surface area contributed by atoms with E-state index in [4.69, 9.17) is 5.26 Å². The fourth-order valence-electron chi connectivity index (χ4n) is 2.50. The SMILES string of the molecule is CCCNC(C#N)CCN1CCCC(N(C)C)C1. The van der Waals surface area contributed by atoms with Gasteiger partial charge in [-0.05, 0) is 52.9 Å². The first-order valence-corrected chi connectivity index (χ1v) is 7.19. The van der Waals surface area contributed by atoms with Gasteiger partial charge in [-0.1, -0.05) is 6.92 Å². The van der Waals surface area contributed by atoms with Gasteiger partial charge in [0.2, 0.25) is 0 Å². The molecule has 0 aromatic rings. The molecule has 104 valence electrons. The van der Waals surface area contributed by atoms with Crippen molar-refractivity contribution in [3.05, 3.63) is 0 Å². The number of likely N-dealkylation sites (N-methyl/N-ethyl adjacent to an activating group) is 1. The van der Waals surface area contributed by atoms with E-state index in [-0.39, 0.29) is 6.04 Å². The Balaban J connectivity index is 2.27. The van der Waals surface area contributed by atoms with Crippen molar-refractivity contribution < 1.29 is 0 Å². The first kappa shape index (κ1) is 15.4. The molecule has 0 saturated carbocycles. The summed E-state index contributed by atoms with van der Waals surface area (Å²) in [5, 5.41) is 12.4. The molecule has 1 N–H and O–H groups in total. The van der Waals surface area contributed by atoms with Crippen molar-refractivity contribution in [3.8, 4) is 6.07 Å². The molecule has 1 saturated heterocycles. The van der Waals surface area contributed by atoms with Crippen LogP contribution < -0.4 is 5.32 Å². The number of rotatable bonds is 7. The summed E-state index contributed by atoms with van der Waals surface area (Å²) in [7, 11) is 4.32. The van der Waals surface area contributed by atoms with Crippen molar-refractivity contribution in [2.24, 2.45) is 0 Å². The summed E-state index contributed by atoms with van der Waals surface area (Å²) in [4.78, 5) is 4.83. The summed E-state index contributed by atoms with van der Waals surface area (Å²) >= 11 is 0. The molecule has 0 bridgehead atoms. The number of piperidine rings is 1. The Hall–Kier alpha value is -0.630. The van der Waals surface area contributed by atoms with Gasteiger partial charge in [0, 0.05) is 19.1 Å². The topological polar surface area (TPSA) is 42.3 Å². The third-order valence-electron chi connectivity index (χ3n) is 3.74. The number of nitrogens with one attached hydrogen (secondary N) is 1. The first-order chi connectivity index (χ1) is 8.67. The minimum absolute atomic E-state index is 0.0182. The lowest BCUT2D eigenvalue weighted by Crippen LogP contribution is -2.46. The molecule has 1 aliphatic rings. The molecule has 0 aromatic carbocycles. The molecule has 0 aliphatic carbocycles. The monoisotopic (exact) mass is 252 g/mol. The zero-order valence-electron chi connectivity index (χ0n) is 12.2. The summed E-state index contributed by atoms with van der Waals surface area (Å²) in [6.07, 6.45) is 4.61. The Morgan fingerprint density at radius 1 is 1.50 bits per heavy atom. The van der Waals surface area contributed by atoms with E-state index in [1.807, 2.05) is 0 Å². The van der Waals surface area contributed by atoms with E-state index in [2.05, 4.69) is 42.2 Å². The van der Waals surface area contributed by atoms with Gasteiger partial charge in [-0.2, -0.15) is 5.26 Å². The first-order valence-electron chi connectivity index (χ1n) is 7.19. The fourth-order valence-corrected chi connectivity index (χ4v) is 2.50. The molecular weight excluding hydrogens is 224 g/mol. The molecule has 1 heterocycles. The van der Waals surface area contributed by atoms with Crippen LogP contribution in [-0.4, -0.2) is 62.2 Å². The fraction of sp³-hybridized carbons (Fsp3) is 0.929. The number of nitrogens with zero attached hydrogens (tertiary/aromatic N) is 3. The molecule has 0 spiro atoms. The molecule has 1 fully saturated rings. The minimum atomic E-state index is 0.0182. The summed E-state index contributed by atoms with van der Waals surface area (Å²) in [6, 6.07) is 3.06. The highest BCUT2D eigenvalue weighted by molar-refractivity contribution is 4.90. The molecule has 0 aromatic heterocycles. The van der Waals surface area contributed by atoms with Crippen molar-refractivity contribution in [1.82, 2.24) is 15.1 Å². The van der Waals surface area contributed by atoms with E-state index in [0.717, 1.165) is 32.5 Å². The van der Waals surface area contributed by atoms with Crippen molar-refractivity contribution in [2.45, 2.75) is 44.7 Å². The van der Waals surface area contributed by atoms with Gasteiger partial charge in [0.25, 0.3) is 0 Å². The van der Waals surface area contributed by atoms with Gasteiger partial charge in [0.15, 0.2) is 0 Å². The van der Waals surface area contributed by atoms with Gasteiger partial charge in [-0.15, -0.1) is 0 Å². The van der Waals surface area contributed by atoms with Gasteiger partial charge in [0.1, 0.15) is 0 Å². The number of nitriles is 1. The second-order valence-electron chi connectivity index (χ2n) is 5.48. The second kappa shape index (κ2) is 8.47. The van der Waals surface area contributed by atoms with Crippen LogP contribution in [0.5, 0.6) is 0 Å². The van der Waals surface area contributed by atoms with E-state index >= 15 is 0 Å². The van der Waals surface area contributed by atoms with Gasteiger partial charge in [-0.25, -0.2) is 0 Å². The maximum absolute atomic E-state index is 9.08. The average Bonchev–Trinajstić information content (AvgIpc) is 2.39. The van der Waals surface area contributed by atoms with E-state index in [1.165, 1.54) is 19.4 Å². The van der Waals surface area contributed by atoms with Crippen LogP contribution in [0.1, 0.15) is 32.6 Å². The lowest BCUT2D eigenvalue weighted by Gasteiger charge is -2.36. The molecule has 18 heavy (non-hydrogen) atoms. The number of hydrogen-bond donors (Lipinski definition) is 1. The summed E-state index contributed by atoms with van der Waals surface area (Å²) in [6.45, 7) is 6.46. The number of likely N-dealkylation sites (tertiary alicyclic amines) is 1. The lowest BCUT2D eigenvalue weighted by molar-refractivity contribution is 0.130. The normalized spacial score (nSPS) is 22.9. The van der Waals surface area contributed by atoms with E-state index in [9.17, 15) is 0 Å². The van der Waals surface area contributed by atoms with E-state index in [0.29, 0.717) is 6.04 Å². The predicted molar refractivity (Wildman–Crippen MR) is 75.5 cm³/mol. The maximum atomic E-state index is 9.08. The molecule has 2 unspecified atom stereocenters. The smallest absolute Gasteiger partial charge is 0.0965 e. The Labute approximate surface area is 112 Å². The predicted octanol–water partition coefficient (Wildman–Crippen LogP) is 1.29. The molecule has 1 rings (SSSR count). The third kappa shape index (κ3) is 5.34. The van der Waals surface area contributed by atoms with Crippen LogP contribution in [0.15, 0.2) is 0 Å². The van der Waals surface area contributed by atoms with Crippen molar-refractivity contribution in [2.75, 3.05) is 40.3 Å². The number of hydrogen-bond acceptors (Lipinski definition) is 4. The standard InChI is InChI=1S/C14H28N4/c1-4-8-16-13(11-15)7-10-18-9-5-6-14(12-18)17(2)3/h13-14,16H,4-10,12H2,1-3H3. The summed E-state index contributed by atoms with van der Waals surface area (Å²) < 4.78 is 0. The van der Waals surface area contributed by atoms with Gasteiger partial charge >= 0.3 is 0 Å². The van der Waals surface area contributed by atoms with Crippen LogP contribution in [0.3, 0.4) is 0 Å². The van der Waals surface area contributed by atoms with Crippen LogP contribution in [-0.2, 0) is 0 Å². The Kier molecular flexibility index (Phi) is 7.26. The van der Waals surface area contributed by atoms with Crippen LogP contribution in [0.2, 0.25) is 0 Å². The van der Waals surface area contributed by atoms with Crippen LogP contribution >= 0.6 is 0 Å². The van der Waals surface area contributed by atoms with Crippen LogP contribution in [0.25, 0.3) is 0 Å². The van der Waals surface area contributed by atoms with Crippen molar-refractivity contribution in [1.29, 1.82) is 5.26 Å². The van der Waals surface area contributed by atoms with Crippen LogP contribution in [0.4, 0.5) is 0 Å². The largest absolute Gasteiger partial charge is 0.305 e. The maximum Gasteiger partial charge on any atom is 0.0965 e. The van der Waals surface area contributed by atoms with Gasteiger partial charge in [0.05, 0.1) is 12.1 Å². The minimum Gasteiger partial charge on any atom is -0.305 e. The van der Waals surface area contributed by atoms with E-state index < -0.39 is 0 Å². The van der Waals surface area contributed by atoms with Crippen molar-refractivity contribution >= 4 is 0 Å². The van der Waals surface area contributed by atoms with Gasteiger partial charge in [-0.3, -0.25) is 0 Å². The average molecular weight is 252 g/mol. The summed E-state index contributed by atoms with van der Waals surface area (Å²) in [5.41, 5.74) is 0. The highest BCUT2D eigenvalue weighted by Gasteiger charge is 2.21.